The second kappa shape index (κ2) is 8.88. The van der Waals surface area contributed by atoms with E-state index in [2.05, 4.69) is 68.4 Å². The number of pyridine rings is 1. The van der Waals surface area contributed by atoms with Crippen LogP contribution in [-0.4, -0.2) is 9.38 Å². The molecule has 6 rings (SSSR count). The molecule has 4 aromatic rings. The van der Waals surface area contributed by atoms with Crippen molar-refractivity contribution in [3.63, 3.8) is 0 Å². The topological polar surface area (TPSA) is 29.3 Å². The zero-order valence-electron chi connectivity index (χ0n) is 19.6. The normalized spacial score (nSPS) is 11.5. The van der Waals surface area contributed by atoms with Crippen LogP contribution in [0.5, 0.6) is 0 Å². The summed E-state index contributed by atoms with van der Waals surface area (Å²) in [5.41, 5.74) is 7.04. The number of terminal acetylenes is 1. The van der Waals surface area contributed by atoms with Crippen LogP contribution in [0.4, 0.5) is 15.9 Å². The van der Waals surface area contributed by atoms with E-state index in [9.17, 15) is 4.39 Å². The molecule has 0 radical (unpaired) electrons. The largest absolute Gasteiger partial charge is 0.339 e. The lowest BCUT2D eigenvalue weighted by Gasteiger charge is -2.19. The highest BCUT2D eigenvalue weighted by atomic mass is 35.5. The van der Waals surface area contributed by atoms with Gasteiger partial charge in [-0.2, -0.15) is 0 Å². The molecule has 0 aliphatic heterocycles. The van der Waals surface area contributed by atoms with Gasteiger partial charge in [-0.25, -0.2) is 9.37 Å². The van der Waals surface area contributed by atoms with Crippen molar-refractivity contribution in [2.45, 2.75) is 26.2 Å². The third kappa shape index (κ3) is 4.68. The van der Waals surface area contributed by atoms with E-state index in [1.54, 1.807) is 12.1 Å². The maximum atomic E-state index is 13.6. The summed E-state index contributed by atoms with van der Waals surface area (Å²) in [7, 11) is 0. The van der Waals surface area contributed by atoms with E-state index in [1.807, 2.05) is 22.0 Å². The summed E-state index contributed by atoms with van der Waals surface area (Å²) in [5, 5.41) is 5.36. The van der Waals surface area contributed by atoms with Crippen molar-refractivity contribution in [3.05, 3.63) is 94.2 Å². The summed E-state index contributed by atoms with van der Waals surface area (Å²) in [6, 6.07) is 19.1. The Labute approximate surface area is 213 Å². The van der Waals surface area contributed by atoms with Gasteiger partial charge in [0, 0.05) is 17.4 Å². The van der Waals surface area contributed by atoms with Crippen molar-refractivity contribution in [2.24, 2.45) is 0 Å². The van der Waals surface area contributed by atoms with E-state index in [-0.39, 0.29) is 10.4 Å². The predicted molar refractivity (Wildman–Crippen MR) is 145 cm³/mol. The van der Waals surface area contributed by atoms with Gasteiger partial charge in [-0.05, 0) is 69.9 Å². The average Bonchev–Trinajstić information content (AvgIpc) is 3.19. The fourth-order valence-corrected chi connectivity index (χ4v) is 4.81. The third-order valence-electron chi connectivity index (χ3n) is 5.82. The highest BCUT2D eigenvalue weighted by molar-refractivity contribution is 7.13. The average molecular weight is 500 g/mol. The lowest BCUT2D eigenvalue weighted by molar-refractivity contribution is 0.589. The molecule has 3 aromatic heterocycles. The van der Waals surface area contributed by atoms with Crippen molar-refractivity contribution in [3.8, 4) is 34.0 Å². The summed E-state index contributed by atoms with van der Waals surface area (Å²) in [4.78, 5) is 5.79. The fraction of sp³-hybridized carbons (Fsp3) is 0.138. The van der Waals surface area contributed by atoms with Crippen LogP contribution in [0.2, 0.25) is 5.02 Å². The van der Waals surface area contributed by atoms with E-state index < -0.39 is 5.82 Å². The first-order chi connectivity index (χ1) is 16.7. The van der Waals surface area contributed by atoms with Crippen molar-refractivity contribution >= 4 is 40.1 Å². The van der Waals surface area contributed by atoms with Crippen LogP contribution in [-0.2, 0) is 5.41 Å². The van der Waals surface area contributed by atoms with Gasteiger partial charge in [0.2, 0.25) is 0 Å². The monoisotopic (exact) mass is 499 g/mol. The second-order valence-electron chi connectivity index (χ2n) is 9.35. The van der Waals surface area contributed by atoms with Crippen LogP contribution in [0.1, 0.15) is 31.9 Å². The molecule has 6 heteroatoms. The minimum Gasteiger partial charge on any atom is -0.339 e. The standard InChI is InChI=1S/C23H19ClFN3S.C6H4/c1-5-14-9-11-29-21(14)20-22(26-16-6-7-18(25)17(24)13-16)28-10-8-15(23(2,3)4)12-19(28)27-20;1-2-5-4-6(5)3-1/h1,6-13,26H,2-4H3;1-4H. The van der Waals surface area contributed by atoms with Crippen LogP contribution in [0.25, 0.3) is 27.3 Å². The Bertz CT molecular complexity index is 1580. The number of aromatic nitrogens is 2. The van der Waals surface area contributed by atoms with Gasteiger partial charge < -0.3 is 5.32 Å². The SMILES string of the molecule is C#Cc1ccsc1-c1nc2cc(C(C)(C)C)ccn2c1Nc1ccc(F)c(Cl)c1.c1cc2cc-2c1. The molecule has 0 bridgehead atoms. The second-order valence-corrected chi connectivity index (χ2v) is 10.7. The fourth-order valence-electron chi connectivity index (χ4n) is 3.78. The molecule has 174 valence electrons. The molecule has 3 nitrogen and oxygen atoms in total. The highest BCUT2D eigenvalue weighted by Crippen LogP contribution is 2.37. The van der Waals surface area contributed by atoms with Gasteiger partial charge in [-0.15, -0.1) is 17.8 Å². The number of nitrogens with one attached hydrogen (secondary N) is 1. The number of anilines is 2. The molecule has 0 unspecified atom stereocenters. The predicted octanol–water partition coefficient (Wildman–Crippen LogP) is 8.54. The maximum absolute atomic E-state index is 13.6. The van der Waals surface area contributed by atoms with Crippen LogP contribution in [0.3, 0.4) is 0 Å². The Hall–Kier alpha value is -3.59. The van der Waals surface area contributed by atoms with E-state index in [0.717, 1.165) is 27.6 Å². The van der Waals surface area contributed by atoms with Crippen LogP contribution in [0.15, 0.2) is 72.2 Å². The number of fused-ring (bicyclic) bond motifs is 2. The van der Waals surface area contributed by atoms with Gasteiger partial charge in [-0.1, -0.05) is 56.5 Å². The molecule has 0 fully saturated rings. The first kappa shape index (κ1) is 23.2. The van der Waals surface area contributed by atoms with Crippen molar-refractivity contribution < 1.29 is 4.39 Å². The number of rotatable bonds is 3. The van der Waals surface area contributed by atoms with Gasteiger partial charge in [0.05, 0.1) is 9.90 Å². The summed E-state index contributed by atoms with van der Waals surface area (Å²) in [6.07, 6.45) is 7.68. The zero-order valence-corrected chi connectivity index (χ0v) is 21.1. The highest BCUT2D eigenvalue weighted by Gasteiger charge is 2.21. The number of hydrogen-bond donors (Lipinski definition) is 1. The van der Waals surface area contributed by atoms with Gasteiger partial charge in [0.1, 0.15) is 23.0 Å². The van der Waals surface area contributed by atoms with Crippen molar-refractivity contribution in [2.75, 3.05) is 5.32 Å². The summed E-state index contributed by atoms with van der Waals surface area (Å²) in [6.45, 7) is 6.49. The van der Waals surface area contributed by atoms with E-state index >= 15 is 0 Å². The number of halogens is 2. The molecular weight excluding hydrogens is 477 g/mol. The lowest BCUT2D eigenvalue weighted by Crippen LogP contribution is -2.11. The Morgan fingerprint density at radius 2 is 1.83 bits per heavy atom. The number of nitrogens with zero attached hydrogens (tertiary/aromatic N) is 2. The Morgan fingerprint density at radius 3 is 2.43 bits per heavy atom. The molecule has 0 saturated carbocycles. The minimum absolute atomic E-state index is 0.00115. The Balaban J connectivity index is 0.000000362. The lowest BCUT2D eigenvalue weighted by atomic mass is 9.88. The Morgan fingerprint density at radius 1 is 1.06 bits per heavy atom. The third-order valence-corrected chi connectivity index (χ3v) is 7.03. The molecule has 0 atom stereocenters. The first-order valence-electron chi connectivity index (χ1n) is 11.1. The first-order valence-corrected chi connectivity index (χ1v) is 12.4. The zero-order chi connectivity index (χ0) is 24.7. The molecule has 0 spiro atoms. The van der Waals surface area contributed by atoms with E-state index in [0.29, 0.717) is 5.69 Å². The van der Waals surface area contributed by atoms with Crippen LogP contribution in [0, 0.1) is 18.2 Å². The molecule has 35 heavy (non-hydrogen) atoms. The number of imidazole rings is 1. The number of thiophene rings is 1. The van der Waals surface area contributed by atoms with Gasteiger partial charge in [0.25, 0.3) is 0 Å². The molecule has 0 amide bonds. The molecular formula is C29H23ClFN3S. The summed E-state index contributed by atoms with van der Waals surface area (Å²) >= 11 is 7.51. The van der Waals surface area contributed by atoms with Crippen molar-refractivity contribution in [1.29, 1.82) is 0 Å². The molecule has 3 heterocycles. The van der Waals surface area contributed by atoms with Gasteiger partial charge in [0.15, 0.2) is 0 Å². The molecule has 0 saturated heterocycles. The minimum atomic E-state index is -0.460. The summed E-state index contributed by atoms with van der Waals surface area (Å²) in [5.74, 6) is 3.02. The molecule has 1 aromatic carbocycles. The number of benzene rings is 2. The van der Waals surface area contributed by atoms with Crippen LogP contribution < -0.4 is 5.32 Å². The van der Waals surface area contributed by atoms with E-state index in [4.69, 9.17) is 23.0 Å². The maximum Gasteiger partial charge on any atom is 0.144 e. The molecule has 2 aliphatic rings. The van der Waals surface area contributed by atoms with Crippen molar-refractivity contribution in [1.82, 2.24) is 9.38 Å². The smallest absolute Gasteiger partial charge is 0.144 e. The molecule has 1 N–H and O–H groups in total. The quantitative estimate of drug-likeness (QED) is 0.247. The van der Waals surface area contributed by atoms with E-state index in [1.165, 1.54) is 34.1 Å². The molecule has 2 aliphatic carbocycles. The van der Waals surface area contributed by atoms with Crippen LogP contribution >= 0.6 is 22.9 Å². The number of hydrogen-bond acceptors (Lipinski definition) is 3. The van der Waals surface area contributed by atoms with Gasteiger partial charge in [-0.3, -0.25) is 4.40 Å². The van der Waals surface area contributed by atoms with Gasteiger partial charge >= 0.3 is 0 Å². The summed E-state index contributed by atoms with van der Waals surface area (Å²) < 4.78 is 15.6. The Kier molecular flexibility index (Phi) is 5.88.